The van der Waals surface area contributed by atoms with E-state index < -0.39 is 0 Å². The van der Waals surface area contributed by atoms with E-state index in [9.17, 15) is 4.79 Å². The van der Waals surface area contributed by atoms with Gasteiger partial charge in [0.15, 0.2) is 0 Å². The molecule has 3 rings (SSSR count). The number of benzene rings is 1. The highest BCUT2D eigenvalue weighted by atomic mass is 16.2. The molecule has 2 aliphatic heterocycles. The van der Waals surface area contributed by atoms with Gasteiger partial charge in [-0.3, -0.25) is 4.79 Å². The number of hydrogen-bond donors (Lipinski definition) is 2. The van der Waals surface area contributed by atoms with E-state index in [1.54, 1.807) is 0 Å². The Morgan fingerprint density at radius 3 is 3.00 bits per heavy atom. The smallest absolute Gasteiger partial charge is 0.243 e. The lowest BCUT2D eigenvalue weighted by atomic mass is 10.1. The van der Waals surface area contributed by atoms with Crippen LogP contribution in [-0.4, -0.2) is 43.0 Å². The second kappa shape index (κ2) is 4.61. The van der Waals surface area contributed by atoms with Crippen molar-refractivity contribution in [2.45, 2.75) is 24.9 Å². The molecule has 96 valence electrons. The SMILES string of the molecule is CN1CCC(NC(=O)[C@@H]2Cc3ccccc3N2)C1. The lowest BCUT2D eigenvalue weighted by Crippen LogP contribution is -2.44. The largest absolute Gasteiger partial charge is 0.373 e. The average molecular weight is 245 g/mol. The minimum Gasteiger partial charge on any atom is -0.373 e. The molecular formula is C14H19N3O. The fourth-order valence-corrected chi connectivity index (χ4v) is 2.81. The normalized spacial score (nSPS) is 26.7. The Bertz CT molecular complexity index is 435. The molecule has 0 saturated carbocycles. The van der Waals surface area contributed by atoms with Crippen LogP contribution in [0.2, 0.25) is 0 Å². The van der Waals surface area contributed by atoms with Crippen molar-refractivity contribution in [1.82, 2.24) is 10.2 Å². The number of likely N-dealkylation sites (tertiary alicyclic amines) is 1. The summed E-state index contributed by atoms with van der Waals surface area (Å²) < 4.78 is 0. The fraction of sp³-hybridized carbons (Fsp3) is 0.500. The number of carbonyl (C=O) groups is 1. The monoisotopic (exact) mass is 245 g/mol. The number of nitrogens with one attached hydrogen (secondary N) is 2. The van der Waals surface area contributed by atoms with E-state index in [0.29, 0.717) is 6.04 Å². The van der Waals surface area contributed by atoms with Crippen LogP contribution in [0, 0.1) is 0 Å². The Labute approximate surface area is 107 Å². The van der Waals surface area contributed by atoms with E-state index in [-0.39, 0.29) is 11.9 Å². The van der Waals surface area contributed by atoms with Gasteiger partial charge in [-0.15, -0.1) is 0 Å². The Balaban J connectivity index is 1.59. The van der Waals surface area contributed by atoms with Crippen LogP contribution in [0.1, 0.15) is 12.0 Å². The van der Waals surface area contributed by atoms with Gasteiger partial charge in [0.1, 0.15) is 6.04 Å². The Morgan fingerprint density at radius 2 is 2.28 bits per heavy atom. The number of anilines is 1. The molecule has 1 unspecified atom stereocenters. The van der Waals surface area contributed by atoms with Crippen LogP contribution < -0.4 is 10.6 Å². The molecule has 0 bridgehead atoms. The van der Waals surface area contributed by atoms with Gasteiger partial charge in [0.25, 0.3) is 0 Å². The molecule has 2 N–H and O–H groups in total. The summed E-state index contributed by atoms with van der Waals surface area (Å²) in [6.07, 6.45) is 1.85. The number of carbonyl (C=O) groups excluding carboxylic acids is 1. The second-order valence-corrected chi connectivity index (χ2v) is 5.31. The number of rotatable bonds is 2. The van der Waals surface area contributed by atoms with Gasteiger partial charge >= 0.3 is 0 Å². The van der Waals surface area contributed by atoms with Crippen LogP contribution >= 0.6 is 0 Å². The first kappa shape index (κ1) is 11.5. The van der Waals surface area contributed by atoms with Crippen LogP contribution in [0.4, 0.5) is 5.69 Å². The van der Waals surface area contributed by atoms with Crippen molar-refractivity contribution in [3.63, 3.8) is 0 Å². The summed E-state index contributed by atoms with van der Waals surface area (Å²) in [6, 6.07) is 8.34. The van der Waals surface area contributed by atoms with Gasteiger partial charge in [-0.25, -0.2) is 0 Å². The van der Waals surface area contributed by atoms with Crippen molar-refractivity contribution in [2.75, 3.05) is 25.5 Å². The summed E-state index contributed by atoms with van der Waals surface area (Å²) in [7, 11) is 2.09. The highest BCUT2D eigenvalue weighted by molar-refractivity contribution is 5.87. The maximum absolute atomic E-state index is 12.2. The molecule has 2 aliphatic rings. The maximum atomic E-state index is 12.2. The first-order valence-electron chi connectivity index (χ1n) is 6.56. The first-order chi connectivity index (χ1) is 8.72. The van der Waals surface area contributed by atoms with Gasteiger partial charge in [0.2, 0.25) is 5.91 Å². The number of hydrogen-bond acceptors (Lipinski definition) is 3. The van der Waals surface area contributed by atoms with E-state index in [1.807, 2.05) is 18.2 Å². The van der Waals surface area contributed by atoms with Crippen molar-refractivity contribution in [1.29, 1.82) is 0 Å². The van der Waals surface area contributed by atoms with Crippen LogP contribution in [0.3, 0.4) is 0 Å². The van der Waals surface area contributed by atoms with Crippen molar-refractivity contribution in [3.05, 3.63) is 29.8 Å². The third-order valence-electron chi connectivity index (χ3n) is 3.83. The quantitative estimate of drug-likeness (QED) is 0.811. The van der Waals surface area contributed by atoms with Gasteiger partial charge in [0, 0.05) is 24.7 Å². The number of amides is 1. The Morgan fingerprint density at radius 1 is 1.44 bits per heavy atom. The highest BCUT2D eigenvalue weighted by Crippen LogP contribution is 2.25. The molecule has 18 heavy (non-hydrogen) atoms. The molecule has 1 fully saturated rings. The zero-order chi connectivity index (χ0) is 12.5. The Hall–Kier alpha value is -1.55. The van der Waals surface area contributed by atoms with Crippen LogP contribution in [0.5, 0.6) is 0 Å². The summed E-state index contributed by atoms with van der Waals surface area (Å²) in [5.41, 5.74) is 2.34. The molecule has 1 aromatic carbocycles. The van der Waals surface area contributed by atoms with E-state index in [0.717, 1.165) is 31.6 Å². The minimum absolute atomic E-state index is 0.103. The molecule has 1 amide bonds. The standard InChI is InChI=1S/C14H19N3O/c1-17-7-6-11(9-17)15-14(18)13-8-10-4-2-3-5-12(10)16-13/h2-5,11,13,16H,6-9H2,1H3,(H,15,18)/t11?,13-/m0/s1. The zero-order valence-corrected chi connectivity index (χ0v) is 10.6. The van der Waals surface area contributed by atoms with Crippen molar-refractivity contribution in [3.8, 4) is 0 Å². The summed E-state index contributed by atoms with van der Waals surface area (Å²) in [5.74, 6) is 0.131. The number of likely N-dealkylation sites (N-methyl/N-ethyl adjacent to an activating group) is 1. The summed E-state index contributed by atoms with van der Waals surface area (Å²) in [4.78, 5) is 14.4. The van der Waals surface area contributed by atoms with Crippen molar-refractivity contribution in [2.24, 2.45) is 0 Å². The third-order valence-corrected chi connectivity index (χ3v) is 3.83. The van der Waals surface area contributed by atoms with Crippen LogP contribution in [0.25, 0.3) is 0 Å². The molecule has 4 heteroatoms. The molecular weight excluding hydrogens is 226 g/mol. The molecule has 1 aromatic rings. The topological polar surface area (TPSA) is 44.4 Å². The molecule has 0 radical (unpaired) electrons. The molecule has 0 aliphatic carbocycles. The molecule has 2 heterocycles. The second-order valence-electron chi connectivity index (χ2n) is 5.31. The molecule has 1 saturated heterocycles. The molecule has 4 nitrogen and oxygen atoms in total. The van der Waals surface area contributed by atoms with Crippen molar-refractivity contribution < 1.29 is 4.79 Å². The van der Waals surface area contributed by atoms with Gasteiger partial charge in [-0.1, -0.05) is 18.2 Å². The van der Waals surface area contributed by atoms with Gasteiger partial charge in [0.05, 0.1) is 0 Å². The summed E-state index contributed by atoms with van der Waals surface area (Å²) >= 11 is 0. The van der Waals surface area contributed by atoms with E-state index in [1.165, 1.54) is 5.56 Å². The van der Waals surface area contributed by atoms with Crippen molar-refractivity contribution >= 4 is 11.6 Å². The zero-order valence-electron chi connectivity index (χ0n) is 10.6. The lowest BCUT2D eigenvalue weighted by molar-refractivity contribution is -0.122. The lowest BCUT2D eigenvalue weighted by Gasteiger charge is -2.16. The van der Waals surface area contributed by atoms with Crippen LogP contribution in [-0.2, 0) is 11.2 Å². The van der Waals surface area contributed by atoms with Crippen LogP contribution in [0.15, 0.2) is 24.3 Å². The fourth-order valence-electron chi connectivity index (χ4n) is 2.81. The predicted molar refractivity (Wildman–Crippen MR) is 71.6 cm³/mol. The Kier molecular flexibility index (Phi) is 2.96. The van der Waals surface area contributed by atoms with E-state index >= 15 is 0 Å². The summed E-state index contributed by atoms with van der Waals surface area (Å²) in [5, 5.41) is 6.44. The predicted octanol–water partition coefficient (Wildman–Crippen LogP) is 0.843. The maximum Gasteiger partial charge on any atom is 0.243 e. The number of fused-ring (bicyclic) bond motifs is 1. The van der Waals surface area contributed by atoms with Gasteiger partial charge < -0.3 is 15.5 Å². The average Bonchev–Trinajstić information content (AvgIpc) is 2.95. The van der Waals surface area contributed by atoms with E-state index in [4.69, 9.17) is 0 Å². The molecule has 0 spiro atoms. The van der Waals surface area contributed by atoms with Gasteiger partial charge in [-0.2, -0.15) is 0 Å². The summed E-state index contributed by atoms with van der Waals surface area (Å²) in [6.45, 7) is 2.04. The first-order valence-corrected chi connectivity index (χ1v) is 6.56. The minimum atomic E-state index is -0.103. The molecule has 0 aromatic heterocycles. The number of nitrogens with zero attached hydrogens (tertiary/aromatic N) is 1. The van der Waals surface area contributed by atoms with E-state index in [2.05, 4.69) is 28.6 Å². The highest BCUT2D eigenvalue weighted by Gasteiger charge is 2.29. The number of para-hydroxylation sites is 1. The molecule has 2 atom stereocenters. The van der Waals surface area contributed by atoms with Gasteiger partial charge in [-0.05, 0) is 31.6 Å². The third kappa shape index (κ3) is 2.20.